The van der Waals surface area contributed by atoms with Crippen LogP contribution >= 0.6 is 23.5 Å². The third-order valence-electron chi connectivity index (χ3n) is 2.75. The lowest BCUT2D eigenvalue weighted by Crippen LogP contribution is -2.32. The van der Waals surface area contributed by atoms with E-state index in [1.165, 1.54) is 43.4 Å². The zero-order chi connectivity index (χ0) is 16.3. The molecule has 1 heterocycles. The van der Waals surface area contributed by atoms with E-state index in [1.807, 2.05) is 0 Å². The highest BCUT2D eigenvalue weighted by Crippen LogP contribution is 2.41. The average molecular weight is 350 g/mol. The van der Waals surface area contributed by atoms with Crippen LogP contribution in [0.5, 0.6) is 0 Å². The van der Waals surface area contributed by atoms with Gasteiger partial charge < -0.3 is 0 Å². The van der Waals surface area contributed by atoms with Crippen LogP contribution in [0.2, 0.25) is 5.02 Å². The second-order valence-corrected chi connectivity index (χ2v) is 6.01. The van der Waals surface area contributed by atoms with E-state index in [4.69, 9.17) is 11.6 Å². The third kappa shape index (κ3) is 4.25. The molecule has 118 valence electrons. The summed E-state index contributed by atoms with van der Waals surface area (Å²) in [4.78, 5) is 10.9. The largest absolute Gasteiger partial charge is 0.408 e. The van der Waals surface area contributed by atoms with Crippen LogP contribution in [0.15, 0.2) is 46.2 Å². The number of alkyl halides is 3. The maximum Gasteiger partial charge on any atom is 0.408 e. The molecular weight excluding hydrogens is 339 g/mol. The molecular formula is C13H11ClF3N3OS. The summed E-state index contributed by atoms with van der Waals surface area (Å²) in [6.07, 6.45) is -4.47. The summed E-state index contributed by atoms with van der Waals surface area (Å²) in [6.45, 7) is 0. The molecule has 2 aromatic rings. The van der Waals surface area contributed by atoms with Crippen LogP contribution in [0.4, 0.5) is 13.2 Å². The predicted octanol–water partition coefficient (Wildman–Crippen LogP) is 3.67. The number of nitrogens with zero attached hydrogens (tertiary/aromatic N) is 2. The van der Waals surface area contributed by atoms with E-state index >= 15 is 0 Å². The molecule has 4 nitrogen and oxygen atoms in total. The lowest BCUT2D eigenvalue weighted by molar-refractivity contribution is -0.169. The Balaban J connectivity index is 2.27. The summed E-state index contributed by atoms with van der Waals surface area (Å²) in [5, 5.41) is 6.48. The lowest BCUT2D eigenvalue weighted by Gasteiger charge is -2.28. The van der Waals surface area contributed by atoms with Crippen LogP contribution in [-0.4, -0.2) is 27.7 Å². The number of halogens is 4. The molecule has 1 aromatic heterocycles. The van der Waals surface area contributed by atoms with Gasteiger partial charge in [0.1, 0.15) is 11.1 Å². The zero-order valence-corrected chi connectivity index (χ0v) is 12.8. The first kappa shape index (κ1) is 16.9. The number of hydrogen-bond acceptors (Lipinski definition) is 4. The van der Waals surface area contributed by atoms with Gasteiger partial charge in [0.05, 0.1) is 0 Å². The van der Waals surface area contributed by atoms with Gasteiger partial charge in [-0.05, 0) is 42.8 Å². The van der Waals surface area contributed by atoms with Gasteiger partial charge in [0.15, 0.2) is 0 Å². The summed E-state index contributed by atoms with van der Waals surface area (Å²) < 4.78 is 41.1. The maximum atomic E-state index is 13.4. The van der Waals surface area contributed by atoms with E-state index in [2.05, 4.69) is 10.2 Å². The number of rotatable bonds is 4. The van der Waals surface area contributed by atoms with E-state index in [0.717, 1.165) is 16.3 Å². The Morgan fingerprint density at radius 2 is 1.86 bits per heavy atom. The SMILES string of the molecule is CN(Sc1ccc(=O)[nH]n1)[C@H](c1ccc(Cl)cc1)C(F)(F)F. The average Bonchev–Trinajstić information content (AvgIpc) is 2.42. The van der Waals surface area contributed by atoms with Gasteiger partial charge in [-0.1, -0.05) is 23.7 Å². The van der Waals surface area contributed by atoms with Gasteiger partial charge in [-0.3, -0.25) is 4.79 Å². The summed E-state index contributed by atoms with van der Waals surface area (Å²) in [6, 6.07) is 6.21. The number of aromatic nitrogens is 2. The van der Waals surface area contributed by atoms with Crippen molar-refractivity contribution >= 4 is 23.5 Å². The van der Waals surface area contributed by atoms with Crippen LogP contribution < -0.4 is 5.56 Å². The van der Waals surface area contributed by atoms with Crippen LogP contribution in [0.1, 0.15) is 11.6 Å². The maximum absolute atomic E-state index is 13.4. The summed E-state index contributed by atoms with van der Waals surface area (Å²) in [5.41, 5.74) is -0.353. The summed E-state index contributed by atoms with van der Waals surface area (Å²) in [7, 11) is 1.31. The highest BCUT2D eigenvalue weighted by Gasteiger charge is 2.44. The van der Waals surface area contributed by atoms with Gasteiger partial charge in [0.25, 0.3) is 5.56 Å². The minimum absolute atomic E-state index is 0.0660. The minimum Gasteiger partial charge on any atom is -0.268 e. The van der Waals surface area contributed by atoms with Gasteiger partial charge in [-0.15, -0.1) is 0 Å². The molecule has 1 N–H and O–H groups in total. The molecule has 0 radical (unpaired) electrons. The van der Waals surface area contributed by atoms with Crippen molar-refractivity contribution in [3.63, 3.8) is 0 Å². The van der Waals surface area contributed by atoms with Crippen molar-refractivity contribution in [2.45, 2.75) is 17.2 Å². The zero-order valence-electron chi connectivity index (χ0n) is 11.3. The van der Waals surface area contributed by atoms with E-state index in [0.29, 0.717) is 5.02 Å². The highest BCUT2D eigenvalue weighted by molar-refractivity contribution is 7.97. The van der Waals surface area contributed by atoms with Crippen LogP contribution in [0.3, 0.4) is 0 Å². The van der Waals surface area contributed by atoms with Crippen LogP contribution in [0, 0.1) is 0 Å². The first-order valence-electron chi connectivity index (χ1n) is 6.06. The highest BCUT2D eigenvalue weighted by atomic mass is 35.5. The van der Waals surface area contributed by atoms with Crippen LogP contribution in [-0.2, 0) is 0 Å². The lowest BCUT2D eigenvalue weighted by atomic mass is 10.1. The molecule has 0 aliphatic carbocycles. The van der Waals surface area contributed by atoms with Crippen molar-refractivity contribution < 1.29 is 13.2 Å². The quantitative estimate of drug-likeness (QED) is 0.856. The monoisotopic (exact) mass is 349 g/mol. The molecule has 1 atom stereocenters. The fourth-order valence-corrected chi connectivity index (χ4v) is 2.82. The van der Waals surface area contributed by atoms with Gasteiger partial charge >= 0.3 is 6.18 Å². The fraction of sp³-hybridized carbons (Fsp3) is 0.231. The van der Waals surface area contributed by atoms with Gasteiger partial charge in [0, 0.05) is 11.1 Å². The van der Waals surface area contributed by atoms with E-state index in [1.54, 1.807) is 0 Å². The number of H-pyrrole nitrogens is 1. The second-order valence-electron chi connectivity index (χ2n) is 4.39. The van der Waals surface area contributed by atoms with Crippen molar-refractivity contribution in [2.24, 2.45) is 0 Å². The molecule has 0 aliphatic rings. The Hall–Kier alpha value is -1.51. The summed E-state index contributed by atoms with van der Waals surface area (Å²) in [5.74, 6) is 0. The number of aromatic amines is 1. The van der Waals surface area contributed by atoms with Crippen molar-refractivity contribution in [3.05, 3.63) is 57.3 Å². The standard InChI is InChI=1S/C13H11ClF3N3OS/c1-20(22-11-7-6-10(21)18-19-11)12(13(15,16)17)8-2-4-9(14)5-3-8/h2-7,12H,1H3,(H,18,21)/t12-/m1/s1. The predicted molar refractivity (Wildman–Crippen MR) is 78.7 cm³/mol. The molecule has 2 rings (SSSR count). The minimum atomic E-state index is -4.47. The molecule has 0 aliphatic heterocycles. The molecule has 0 spiro atoms. The molecule has 0 saturated heterocycles. The van der Waals surface area contributed by atoms with Crippen molar-refractivity contribution in [3.8, 4) is 0 Å². The Morgan fingerprint density at radius 1 is 1.23 bits per heavy atom. The molecule has 0 fully saturated rings. The van der Waals surface area contributed by atoms with Crippen molar-refractivity contribution in [2.75, 3.05) is 7.05 Å². The Morgan fingerprint density at radius 3 is 2.36 bits per heavy atom. The third-order valence-corrected chi connectivity index (χ3v) is 3.92. The molecule has 0 amide bonds. The van der Waals surface area contributed by atoms with Gasteiger partial charge in [-0.2, -0.15) is 18.3 Å². The molecule has 9 heteroatoms. The topological polar surface area (TPSA) is 49.0 Å². The molecule has 0 unspecified atom stereocenters. The Bertz CT molecular complexity index is 670. The second kappa shape index (κ2) is 6.72. The number of benzene rings is 1. The Kier molecular flexibility index (Phi) is 5.15. The van der Waals surface area contributed by atoms with E-state index in [9.17, 15) is 18.0 Å². The fourth-order valence-electron chi connectivity index (χ4n) is 1.83. The number of hydrogen-bond donors (Lipinski definition) is 1. The Labute approximate surface area is 133 Å². The normalized spacial score (nSPS) is 13.4. The van der Waals surface area contributed by atoms with Crippen molar-refractivity contribution in [1.82, 2.24) is 14.5 Å². The van der Waals surface area contributed by atoms with Gasteiger partial charge in [-0.25, -0.2) is 9.40 Å². The van der Waals surface area contributed by atoms with E-state index in [-0.39, 0.29) is 10.6 Å². The van der Waals surface area contributed by atoms with Gasteiger partial charge in [0.2, 0.25) is 0 Å². The smallest absolute Gasteiger partial charge is 0.268 e. The van der Waals surface area contributed by atoms with Crippen LogP contribution in [0.25, 0.3) is 0 Å². The van der Waals surface area contributed by atoms with E-state index < -0.39 is 17.8 Å². The number of nitrogens with one attached hydrogen (secondary N) is 1. The molecule has 0 bridgehead atoms. The molecule has 1 aromatic carbocycles. The summed E-state index contributed by atoms with van der Waals surface area (Å²) >= 11 is 6.50. The first-order chi connectivity index (χ1) is 10.3. The molecule has 22 heavy (non-hydrogen) atoms. The van der Waals surface area contributed by atoms with Crippen molar-refractivity contribution in [1.29, 1.82) is 0 Å². The first-order valence-corrected chi connectivity index (χ1v) is 7.21. The molecule has 0 saturated carbocycles.